The molecule has 0 spiro atoms. The van der Waals surface area contributed by atoms with Gasteiger partial charge in [0, 0.05) is 18.0 Å². The Kier molecular flexibility index (Phi) is 5.26. The lowest BCUT2D eigenvalue weighted by molar-refractivity contribution is -0.136. The van der Waals surface area contributed by atoms with Crippen LogP contribution in [0, 0.1) is 11.8 Å². The molecule has 1 aliphatic rings. The Morgan fingerprint density at radius 2 is 2.10 bits per heavy atom. The fraction of sp³-hybridized carbons (Fsp3) is 0.533. The minimum absolute atomic E-state index is 0.0804. The van der Waals surface area contributed by atoms with Crippen molar-refractivity contribution < 1.29 is 9.53 Å². The van der Waals surface area contributed by atoms with Crippen LogP contribution in [0.15, 0.2) is 24.3 Å². The third kappa shape index (κ3) is 3.87. The van der Waals surface area contributed by atoms with Gasteiger partial charge in [-0.2, -0.15) is 0 Å². The van der Waals surface area contributed by atoms with Crippen molar-refractivity contribution in [1.82, 2.24) is 10.2 Å². The molecule has 5 heteroatoms. The number of hydrogen-bond donors (Lipinski definition) is 1. The standard InChI is InChI=1S/C15H21ClN2O2/c1-11(12-9-17-10-12)15(19)18(2)7-8-20-14-5-3-13(16)4-6-14/h3-6,11-12,17H,7-10H2,1-2H3. The molecule has 20 heavy (non-hydrogen) atoms. The van der Waals surface area contributed by atoms with E-state index in [1.807, 2.05) is 26.1 Å². The molecule has 110 valence electrons. The number of likely N-dealkylation sites (N-methyl/N-ethyl adjacent to an activating group) is 1. The number of benzene rings is 1. The summed E-state index contributed by atoms with van der Waals surface area (Å²) in [5, 5.41) is 3.89. The van der Waals surface area contributed by atoms with Gasteiger partial charge in [0.15, 0.2) is 0 Å². The van der Waals surface area contributed by atoms with Gasteiger partial charge in [0.25, 0.3) is 0 Å². The van der Waals surface area contributed by atoms with Crippen LogP contribution in [0.1, 0.15) is 6.92 Å². The average Bonchev–Trinajstić information content (AvgIpc) is 2.38. The van der Waals surface area contributed by atoms with Crippen molar-refractivity contribution in [3.63, 3.8) is 0 Å². The Morgan fingerprint density at radius 1 is 1.45 bits per heavy atom. The van der Waals surface area contributed by atoms with Crippen molar-refractivity contribution in [3.8, 4) is 5.75 Å². The maximum atomic E-state index is 12.2. The van der Waals surface area contributed by atoms with E-state index in [9.17, 15) is 4.79 Å². The van der Waals surface area contributed by atoms with Crippen LogP contribution in [-0.4, -0.2) is 44.1 Å². The van der Waals surface area contributed by atoms with Gasteiger partial charge in [0.1, 0.15) is 12.4 Å². The highest BCUT2D eigenvalue weighted by atomic mass is 35.5. The zero-order valence-corrected chi connectivity index (χ0v) is 12.7. The summed E-state index contributed by atoms with van der Waals surface area (Å²) in [5.74, 6) is 1.52. The molecule has 1 amide bonds. The molecule has 1 aliphatic heterocycles. The van der Waals surface area contributed by atoms with Crippen LogP contribution in [0.2, 0.25) is 5.02 Å². The smallest absolute Gasteiger partial charge is 0.225 e. The normalized spacial score (nSPS) is 16.4. The van der Waals surface area contributed by atoms with Gasteiger partial charge in [-0.05, 0) is 43.3 Å². The highest BCUT2D eigenvalue weighted by Gasteiger charge is 2.30. The first-order valence-electron chi connectivity index (χ1n) is 6.92. The van der Waals surface area contributed by atoms with Gasteiger partial charge >= 0.3 is 0 Å². The Hall–Kier alpha value is -1.26. The van der Waals surface area contributed by atoms with E-state index in [4.69, 9.17) is 16.3 Å². The maximum absolute atomic E-state index is 12.2. The lowest BCUT2D eigenvalue weighted by Gasteiger charge is -2.33. The van der Waals surface area contributed by atoms with Crippen LogP contribution in [0.3, 0.4) is 0 Å². The minimum atomic E-state index is 0.0804. The van der Waals surface area contributed by atoms with Crippen molar-refractivity contribution in [2.45, 2.75) is 6.92 Å². The largest absolute Gasteiger partial charge is 0.492 e. The highest BCUT2D eigenvalue weighted by Crippen LogP contribution is 2.18. The Bertz CT molecular complexity index is 446. The molecule has 1 aromatic carbocycles. The molecular weight excluding hydrogens is 276 g/mol. The average molecular weight is 297 g/mol. The molecule has 1 fully saturated rings. The molecule has 0 saturated carbocycles. The van der Waals surface area contributed by atoms with Crippen LogP contribution in [-0.2, 0) is 4.79 Å². The number of nitrogens with one attached hydrogen (secondary N) is 1. The molecule has 1 saturated heterocycles. The van der Waals surface area contributed by atoms with Crippen LogP contribution >= 0.6 is 11.6 Å². The van der Waals surface area contributed by atoms with Crippen LogP contribution in [0.4, 0.5) is 0 Å². The molecule has 1 unspecified atom stereocenters. The maximum Gasteiger partial charge on any atom is 0.225 e. The van der Waals surface area contributed by atoms with Crippen LogP contribution < -0.4 is 10.1 Å². The number of nitrogens with zero attached hydrogens (tertiary/aromatic N) is 1. The third-order valence-electron chi connectivity index (χ3n) is 3.79. The number of carbonyl (C=O) groups is 1. The van der Waals surface area contributed by atoms with Gasteiger partial charge in [-0.3, -0.25) is 4.79 Å². The zero-order valence-electron chi connectivity index (χ0n) is 11.9. The Labute approximate surface area is 125 Å². The molecular formula is C15H21ClN2O2. The first-order valence-corrected chi connectivity index (χ1v) is 7.30. The summed E-state index contributed by atoms with van der Waals surface area (Å²) in [4.78, 5) is 13.9. The first-order chi connectivity index (χ1) is 9.58. The van der Waals surface area contributed by atoms with Gasteiger partial charge < -0.3 is 15.0 Å². The molecule has 4 nitrogen and oxygen atoms in total. The molecule has 1 N–H and O–H groups in total. The second-order valence-electron chi connectivity index (χ2n) is 5.27. The van der Waals surface area contributed by atoms with Crippen molar-refractivity contribution in [2.75, 3.05) is 33.3 Å². The second kappa shape index (κ2) is 6.95. The number of halogens is 1. The van der Waals surface area contributed by atoms with E-state index in [1.54, 1.807) is 17.0 Å². The summed E-state index contributed by atoms with van der Waals surface area (Å²) in [6, 6.07) is 7.23. The van der Waals surface area contributed by atoms with Gasteiger partial charge in [-0.25, -0.2) is 0 Å². The fourth-order valence-electron chi connectivity index (χ4n) is 2.16. The topological polar surface area (TPSA) is 41.6 Å². The Morgan fingerprint density at radius 3 is 2.65 bits per heavy atom. The van der Waals surface area contributed by atoms with E-state index < -0.39 is 0 Å². The molecule has 0 aliphatic carbocycles. The number of rotatable bonds is 6. The second-order valence-corrected chi connectivity index (χ2v) is 5.71. The monoisotopic (exact) mass is 296 g/mol. The van der Waals surface area contributed by atoms with Crippen LogP contribution in [0.5, 0.6) is 5.75 Å². The summed E-state index contributed by atoms with van der Waals surface area (Å²) in [6.07, 6.45) is 0. The van der Waals surface area contributed by atoms with Gasteiger partial charge in [-0.15, -0.1) is 0 Å². The fourth-order valence-corrected chi connectivity index (χ4v) is 2.28. The SMILES string of the molecule is CC(C(=O)N(C)CCOc1ccc(Cl)cc1)C1CNC1. The van der Waals surface area contributed by atoms with E-state index in [0.29, 0.717) is 24.1 Å². The van der Waals surface area contributed by atoms with E-state index >= 15 is 0 Å². The molecule has 0 radical (unpaired) electrons. The summed E-state index contributed by atoms with van der Waals surface area (Å²) < 4.78 is 5.60. The van der Waals surface area contributed by atoms with E-state index in [0.717, 1.165) is 18.8 Å². The molecule has 1 aromatic rings. The molecule has 0 bridgehead atoms. The number of amides is 1. The molecule has 1 atom stereocenters. The van der Waals surface area contributed by atoms with Crippen LogP contribution in [0.25, 0.3) is 0 Å². The quantitative estimate of drug-likeness (QED) is 0.873. The van der Waals surface area contributed by atoms with Crippen molar-refractivity contribution >= 4 is 17.5 Å². The zero-order chi connectivity index (χ0) is 14.5. The predicted molar refractivity (Wildman–Crippen MR) is 80.1 cm³/mol. The lowest BCUT2D eigenvalue weighted by Crippen LogP contribution is -2.50. The van der Waals surface area contributed by atoms with Gasteiger partial charge in [0.05, 0.1) is 6.54 Å². The summed E-state index contributed by atoms with van der Waals surface area (Å²) >= 11 is 5.81. The first kappa shape index (κ1) is 15.1. The van der Waals surface area contributed by atoms with Crippen molar-refractivity contribution in [1.29, 1.82) is 0 Å². The number of hydrogen-bond acceptors (Lipinski definition) is 3. The predicted octanol–water partition coefficient (Wildman–Crippen LogP) is 2.03. The lowest BCUT2D eigenvalue weighted by atomic mass is 9.88. The molecule has 2 rings (SSSR count). The summed E-state index contributed by atoms with van der Waals surface area (Å²) in [7, 11) is 1.83. The molecule has 1 heterocycles. The van der Waals surface area contributed by atoms with Crippen molar-refractivity contribution in [3.05, 3.63) is 29.3 Å². The number of ether oxygens (including phenoxy) is 1. The minimum Gasteiger partial charge on any atom is -0.492 e. The van der Waals surface area contributed by atoms with E-state index in [1.165, 1.54) is 0 Å². The highest BCUT2D eigenvalue weighted by molar-refractivity contribution is 6.30. The molecule has 0 aromatic heterocycles. The number of carbonyl (C=O) groups excluding carboxylic acids is 1. The summed E-state index contributed by atoms with van der Waals surface area (Å²) in [6.45, 7) is 4.97. The van der Waals surface area contributed by atoms with E-state index in [2.05, 4.69) is 5.32 Å². The van der Waals surface area contributed by atoms with Gasteiger partial charge in [-0.1, -0.05) is 18.5 Å². The summed E-state index contributed by atoms with van der Waals surface area (Å²) in [5.41, 5.74) is 0. The third-order valence-corrected chi connectivity index (χ3v) is 4.05. The van der Waals surface area contributed by atoms with Gasteiger partial charge in [0.2, 0.25) is 5.91 Å². The van der Waals surface area contributed by atoms with Crippen molar-refractivity contribution in [2.24, 2.45) is 11.8 Å². The van der Waals surface area contributed by atoms with E-state index in [-0.39, 0.29) is 11.8 Å². The Balaban J connectivity index is 1.72.